The monoisotopic (exact) mass is 458 g/mol. The third-order valence-corrected chi connectivity index (χ3v) is 5.25. The molecule has 0 unspecified atom stereocenters. The van der Waals surface area contributed by atoms with E-state index in [4.69, 9.17) is 15.2 Å². The molecule has 0 bridgehead atoms. The summed E-state index contributed by atoms with van der Waals surface area (Å²) in [6.07, 6.45) is -1.67. The van der Waals surface area contributed by atoms with Crippen LogP contribution >= 0.6 is 11.3 Å². The maximum Gasteiger partial charge on any atom is 0.490 e. The van der Waals surface area contributed by atoms with Crippen LogP contribution in [0, 0.1) is 11.3 Å². The van der Waals surface area contributed by atoms with E-state index in [1.165, 1.54) is 16.0 Å². The number of carbonyl (C=O) groups is 1. The minimum absolute atomic E-state index is 0.147. The van der Waals surface area contributed by atoms with Crippen molar-refractivity contribution in [2.45, 2.75) is 6.18 Å². The van der Waals surface area contributed by atoms with Gasteiger partial charge in [0.15, 0.2) is 0 Å². The molecule has 11 heteroatoms. The lowest BCUT2D eigenvalue weighted by atomic mass is 10.0. The maximum absolute atomic E-state index is 12.8. The molecule has 1 N–H and O–H groups in total. The summed E-state index contributed by atoms with van der Waals surface area (Å²) in [5, 5.41) is 23.3. The number of aromatic nitrogens is 3. The van der Waals surface area contributed by atoms with Crippen LogP contribution in [0.2, 0.25) is 0 Å². The van der Waals surface area contributed by atoms with Crippen molar-refractivity contribution >= 4 is 27.4 Å². The van der Waals surface area contributed by atoms with Gasteiger partial charge in [-0.3, -0.25) is 9.78 Å². The summed E-state index contributed by atoms with van der Waals surface area (Å²) in [5.41, 5.74) is 3.77. The van der Waals surface area contributed by atoms with Crippen molar-refractivity contribution in [3.05, 3.63) is 70.1 Å². The van der Waals surface area contributed by atoms with E-state index in [0.29, 0.717) is 10.9 Å². The fourth-order valence-corrected chi connectivity index (χ4v) is 3.89. The van der Waals surface area contributed by atoms with E-state index >= 15 is 0 Å². The number of fused-ring (bicyclic) bond motifs is 1. The second kappa shape index (κ2) is 8.99. The lowest BCUT2D eigenvalue weighted by Crippen LogP contribution is -2.21. The van der Waals surface area contributed by atoms with Crippen LogP contribution in [0.15, 0.2) is 59.0 Å². The summed E-state index contributed by atoms with van der Waals surface area (Å²) in [7, 11) is 1.65. The van der Waals surface area contributed by atoms with Gasteiger partial charge in [0, 0.05) is 35.9 Å². The van der Waals surface area contributed by atoms with Gasteiger partial charge < -0.3 is 5.11 Å². The van der Waals surface area contributed by atoms with E-state index in [1.54, 1.807) is 31.6 Å². The molecule has 0 aliphatic rings. The van der Waals surface area contributed by atoms with E-state index in [-0.39, 0.29) is 5.56 Å². The van der Waals surface area contributed by atoms with Crippen LogP contribution in [0.3, 0.4) is 0 Å². The van der Waals surface area contributed by atoms with Crippen molar-refractivity contribution in [2.75, 3.05) is 0 Å². The summed E-state index contributed by atoms with van der Waals surface area (Å²) in [6.45, 7) is 0. The zero-order valence-corrected chi connectivity index (χ0v) is 17.1. The Morgan fingerprint density at radius 1 is 1.19 bits per heavy atom. The topological polar surface area (TPSA) is 109 Å². The molecule has 32 heavy (non-hydrogen) atoms. The van der Waals surface area contributed by atoms with Gasteiger partial charge >= 0.3 is 12.1 Å². The number of aryl methyl sites for hydroxylation is 1. The van der Waals surface area contributed by atoms with Crippen molar-refractivity contribution in [1.82, 2.24) is 14.8 Å². The lowest BCUT2D eigenvalue weighted by Gasteiger charge is -2.06. The van der Waals surface area contributed by atoms with Gasteiger partial charge in [0.1, 0.15) is 5.69 Å². The molecule has 0 aliphatic carbocycles. The molecule has 4 aromatic rings. The van der Waals surface area contributed by atoms with Gasteiger partial charge in [-0.1, -0.05) is 12.1 Å². The second-order valence-electron chi connectivity index (χ2n) is 6.36. The highest BCUT2D eigenvalue weighted by molar-refractivity contribution is 7.18. The first kappa shape index (κ1) is 22.6. The number of benzene rings is 1. The first-order chi connectivity index (χ1) is 15.1. The van der Waals surface area contributed by atoms with Gasteiger partial charge in [-0.25, -0.2) is 9.48 Å². The number of alkyl halides is 3. The Morgan fingerprint density at radius 3 is 2.44 bits per heavy atom. The van der Waals surface area contributed by atoms with Crippen molar-refractivity contribution in [2.24, 2.45) is 7.05 Å². The highest BCUT2D eigenvalue weighted by atomic mass is 32.1. The zero-order chi connectivity index (χ0) is 23.5. The molecule has 0 radical (unpaired) electrons. The summed E-state index contributed by atoms with van der Waals surface area (Å²) in [4.78, 5) is 25.7. The van der Waals surface area contributed by atoms with E-state index < -0.39 is 12.1 Å². The first-order valence-electron chi connectivity index (χ1n) is 8.83. The molecule has 0 amide bonds. The zero-order valence-electron chi connectivity index (χ0n) is 16.3. The molecular formula is C21H13F3N4O3S. The number of pyridine rings is 1. The molecule has 7 nitrogen and oxygen atoms in total. The molecule has 3 heterocycles. The van der Waals surface area contributed by atoms with Crippen LogP contribution in [0.5, 0.6) is 0 Å². The Balaban J connectivity index is 0.000000360. The third-order valence-electron chi connectivity index (χ3n) is 4.26. The quantitative estimate of drug-likeness (QED) is 0.482. The molecule has 0 spiro atoms. The minimum Gasteiger partial charge on any atom is -0.475 e. The number of hydrogen-bond acceptors (Lipinski definition) is 6. The largest absolute Gasteiger partial charge is 0.490 e. The van der Waals surface area contributed by atoms with E-state index in [1.807, 2.05) is 29.6 Å². The summed E-state index contributed by atoms with van der Waals surface area (Å²) in [6, 6.07) is 13.2. The van der Waals surface area contributed by atoms with Gasteiger partial charge in [-0.15, -0.1) is 11.3 Å². The molecule has 1 aromatic carbocycles. The van der Waals surface area contributed by atoms with Crippen molar-refractivity contribution in [3.8, 4) is 28.5 Å². The number of nitriles is 1. The van der Waals surface area contributed by atoms with Gasteiger partial charge in [0.25, 0.3) is 5.56 Å². The maximum atomic E-state index is 12.8. The standard InChI is InChI=1S/C19H12N4OS.C2HF3O2/c1-23-19(24)16-15(14-4-2-3-12(9-14)10-20)11-25-18(16)17(22-23)13-5-7-21-8-6-13;3-2(4,5)1(6)7/h2-9,11H,1H3;(H,6,7). The average molecular weight is 458 g/mol. The molecule has 162 valence electrons. The predicted molar refractivity (Wildman–Crippen MR) is 112 cm³/mol. The Hall–Kier alpha value is -4.04. The van der Waals surface area contributed by atoms with Crippen LogP contribution in [0.1, 0.15) is 5.56 Å². The Kier molecular flexibility index (Phi) is 6.36. The summed E-state index contributed by atoms with van der Waals surface area (Å²) >= 11 is 1.49. The number of nitrogens with zero attached hydrogens (tertiary/aromatic N) is 4. The number of aliphatic carboxylic acids is 1. The number of rotatable bonds is 2. The predicted octanol–water partition coefficient (Wildman–Crippen LogP) is 4.23. The smallest absolute Gasteiger partial charge is 0.475 e. The second-order valence-corrected chi connectivity index (χ2v) is 7.24. The van der Waals surface area contributed by atoms with Gasteiger partial charge in [0.05, 0.1) is 21.7 Å². The van der Waals surface area contributed by atoms with E-state index in [2.05, 4.69) is 16.2 Å². The van der Waals surface area contributed by atoms with Crippen LogP contribution in [-0.2, 0) is 11.8 Å². The highest BCUT2D eigenvalue weighted by Crippen LogP contribution is 2.36. The molecule has 0 atom stereocenters. The van der Waals surface area contributed by atoms with Crippen molar-refractivity contribution in [3.63, 3.8) is 0 Å². The number of thiophene rings is 1. The van der Waals surface area contributed by atoms with Crippen LogP contribution in [0.4, 0.5) is 13.2 Å². The van der Waals surface area contributed by atoms with Crippen molar-refractivity contribution in [1.29, 1.82) is 5.26 Å². The Morgan fingerprint density at radius 2 is 1.84 bits per heavy atom. The molecule has 3 aromatic heterocycles. The van der Waals surface area contributed by atoms with Crippen LogP contribution in [-0.4, -0.2) is 32.0 Å². The lowest BCUT2D eigenvalue weighted by molar-refractivity contribution is -0.192. The summed E-state index contributed by atoms with van der Waals surface area (Å²) in [5.74, 6) is -2.76. The average Bonchev–Trinajstić information content (AvgIpc) is 3.22. The molecular weight excluding hydrogens is 445 g/mol. The summed E-state index contributed by atoms with van der Waals surface area (Å²) < 4.78 is 33.9. The number of carboxylic acid groups (broad SMARTS) is 1. The Labute approximate surface area is 182 Å². The number of halogens is 3. The SMILES string of the molecule is Cn1nc(-c2ccncc2)c2scc(-c3cccc(C#N)c3)c2c1=O.O=C(O)C(F)(F)F. The van der Waals surface area contributed by atoms with E-state index in [9.17, 15) is 18.0 Å². The number of carboxylic acids is 1. The molecule has 0 saturated heterocycles. The number of hydrogen-bond donors (Lipinski definition) is 1. The normalized spacial score (nSPS) is 10.8. The van der Waals surface area contributed by atoms with Crippen molar-refractivity contribution < 1.29 is 23.1 Å². The van der Waals surface area contributed by atoms with Gasteiger partial charge in [0.2, 0.25) is 0 Å². The molecule has 4 rings (SSSR count). The van der Waals surface area contributed by atoms with Crippen LogP contribution in [0.25, 0.3) is 32.5 Å². The van der Waals surface area contributed by atoms with E-state index in [0.717, 1.165) is 27.1 Å². The fraction of sp³-hybridized carbons (Fsp3) is 0.0952. The molecule has 0 saturated carbocycles. The molecule has 0 aliphatic heterocycles. The fourth-order valence-electron chi connectivity index (χ4n) is 2.81. The highest BCUT2D eigenvalue weighted by Gasteiger charge is 2.38. The third kappa shape index (κ3) is 4.65. The first-order valence-corrected chi connectivity index (χ1v) is 9.71. The molecule has 0 fully saturated rings. The van der Waals surface area contributed by atoms with Gasteiger partial charge in [-0.2, -0.15) is 23.5 Å². The van der Waals surface area contributed by atoms with Gasteiger partial charge in [-0.05, 0) is 29.8 Å². The Bertz CT molecular complexity index is 1390. The van der Waals surface area contributed by atoms with Crippen LogP contribution < -0.4 is 5.56 Å². The minimum atomic E-state index is -5.08.